The van der Waals surface area contributed by atoms with Gasteiger partial charge >= 0.3 is 0 Å². The Balaban J connectivity index is 2.18. The van der Waals surface area contributed by atoms with Crippen LogP contribution in [-0.2, 0) is 11.2 Å². The Morgan fingerprint density at radius 3 is 2.71 bits per heavy atom. The zero-order chi connectivity index (χ0) is 12.3. The second-order valence-electron chi connectivity index (χ2n) is 3.51. The summed E-state index contributed by atoms with van der Waals surface area (Å²) in [6.07, 6.45) is 0.363. The topological polar surface area (TPSA) is 30.0 Å². The maximum absolute atomic E-state index is 11.2. The molecular weight excluding hydrogens is 274 g/mol. The monoisotopic (exact) mass is 283 g/mol. The molecule has 0 aliphatic heterocycles. The molecule has 0 saturated carbocycles. The van der Waals surface area contributed by atoms with Gasteiger partial charge in [0, 0.05) is 21.7 Å². The van der Waals surface area contributed by atoms with E-state index in [9.17, 15) is 4.79 Å². The average Bonchev–Trinajstić information content (AvgIpc) is 2.78. The number of hydrogen-bond acceptors (Lipinski definition) is 4. The minimum atomic E-state index is 0.0883. The Labute approximate surface area is 114 Å². The summed E-state index contributed by atoms with van der Waals surface area (Å²) in [6.45, 7) is 0. The van der Waals surface area contributed by atoms with Crippen LogP contribution in [0, 0.1) is 0 Å². The van der Waals surface area contributed by atoms with E-state index in [1.807, 2.05) is 29.6 Å². The zero-order valence-corrected chi connectivity index (χ0v) is 11.4. The number of carbonyl (C=O) groups excluding carboxylic acids is 1. The van der Waals surface area contributed by atoms with Gasteiger partial charge in [-0.3, -0.25) is 4.79 Å². The van der Waals surface area contributed by atoms with Gasteiger partial charge in [-0.05, 0) is 12.1 Å². The number of carbonyl (C=O) groups is 1. The highest BCUT2D eigenvalue weighted by molar-refractivity contribution is 7.81. The second kappa shape index (κ2) is 5.67. The molecule has 0 aliphatic rings. The molecule has 0 bridgehead atoms. The van der Waals surface area contributed by atoms with Crippen molar-refractivity contribution in [3.05, 3.63) is 39.7 Å². The standard InChI is InChI=1S/C12H10ClNOS2/c13-9-3-1-8(2-4-9)11-7-17-12(14-11)5-10(15)6-16/h1-4,7,16H,5-6H2. The van der Waals surface area contributed by atoms with E-state index in [0.29, 0.717) is 11.4 Å². The van der Waals surface area contributed by atoms with Crippen LogP contribution in [0.2, 0.25) is 5.02 Å². The molecular formula is C12H10ClNOS2. The molecule has 1 aromatic heterocycles. The van der Waals surface area contributed by atoms with Crippen LogP contribution in [0.4, 0.5) is 0 Å². The van der Waals surface area contributed by atoms with Crippen molar-refractivity contribution >= 4 is 41.3 Å². The number of Topliss-reactive ketones (excluding diaryl/α,β-unsaturated/α-hetero) is 1. The number of rotatable bonds is 4. The molecule has 0 N–H and O–H groups in total. The Hall–Kier alpha value is -0.840. The van der Waals surface area contributed by atoms with Crippen molar-refractivity contribution in [1.29, 1.82) is 0 Å². The van der Waals surface area contributed by atoms with E-state index in [1.165, 1.54) is 11.3 Å². The first kappa shape index (κ1) is 12.6. The third-order valence-corrected chi connectivity index (χ3v) is 3.67. The van der Waals surface area contributed by atoms with Crippen molar-refractivity contribution < 1.29 is 4.79 Å². The van der Waals surface area contributed by atoms with E-state index >= 15 is 0 Å². The molecule has 0 aliphatic carbocycles. The minimum Gasteiger partial charge on any atom is -0.298 e. The van der Waals surface area contributed by atoms with Crippen LogP contribution in [0.25, 0.3) is 11.3 Å². The molecule has 5 heteroatoms. The van der Waals surface area contributed by atoms with E-state index in [0.717, 1.165) is 16.3 Å². The van der Waals surface area contributed by atoms with Gasteiger partial charge < -0.3 is 0 Å². The van der Waals surface area contributed by atoms with Crippen molar-refractivity contribution in [1.82, 2.24) is 4.98 Å². The van der Waals surface area contributed by atoms with Crippen molar-refractivity contribution in [3.8, 4) is 11.3 Å². The lowest BCUT2D eigenvalue weighted by Gasteiger charge is -1.96. The Morgan fingerprint density at radius 2 is 2.06 bits per heavy atom. The van der Waals surface area contributed by atoms with Gasteiger partial charge in [0.05, 0.1) is 12.1 Å². The number of aromatic nitrogens is 1. The summed E-state index contributed by atoms with van der Waals surface area (Å²) in [7, 11) is 0. The van der Waals surface area contributed by atoms with Crippen LogP contribution in [0.1, 0.15) is 5.01 Å². The normalized spacial score (nSPS) is 10.5. The summed E-state index contributed by atoms with van der Waals surface area (Å²) in [5.41, 5.74) is 1.89. The van der Waals surface area contributed by atoms with Crippen molar-refractivity contribution in [3.63, 3.8) is 0 Å². The number of benzene rings is 1. The van der Waals surface area contributed by atoms with E-state index < -0.39 is 0 Å². The molecule has 0 amide bonds. The van der Waals surface area contributed by atoms with Crippen LogP contribution in [-0.4, -0.2) is 16.5 Å². The minimum absolute atomic E-state index is 0.0883. The number of thiazole rings is 1. The lowest BCUT2D eigenvalue weighted by Crippen LogP contribution is -2.03. The molecule has 0 unspecified atom stereocenters. The molecule has 2 rings (SSSR count). The van der Waals surface area contributed by atoms with Gasteiger partial charge in [0.1, 0.15) is 10.8 Å². The number of ketones is 1. The molecule has 1 heterocycles. The predicted molar refractivity (Wildman–Crippen MR) is 75.1 cm³/mol. The fourth-order valence-electron chi connectivity index (χ4n) is 1.37. The third-order valence-electron chi connectivity index (χ3n) is 2.22. The molecule has 0 radical (unpaired) electrons. The van der Waals surface area contributed by atoms with Gasteiger partial charge in [-0.15, -0.1) is 11.3 Å². The first-order chi connectivity index (χ1) is 8.19. The summed E-state index contributed by atoms with van der Waals surface area (Å²) in [6, 6.07) is 7.49. The predicted octanol–water partition coefficient (Wildman–Crippen LogP) is 3.50. The maximum atomic E-state index is 11.2. The van der Waals surface area contributed by atoms with Crippen LogP contribution < -0.4 is 0 Å². The van der Waals surface area contributed by atoms with Crippen molar-refractivity contribution in [2.45, 2.75) is 6.42 Å². The SMILES string of the molecule is O=C(CS)Cc1nc(-c2ccc(Cl)cc2)cs1. The molecule has 1 aromatic carbocycles. The number of halogens is 1. The smallest absolute Gasteiger partial charge is 0.149 e. The van der Waals surface area contributed by atoms with E-state index in [4.69, 9.17) is 11.6 Å². The first-order valence-electron chi connectivity index (χ1n) is 5.02. The summed E-state index contributed by atoms with van der Waals surface area (Å²) < 4.78 is 0. The third kappa shape index (κ3) is 3.31. The lowest BCUT2D eigenvalue weighted by atomic mass is 10.2. The highest BCUT2D eigenvalue weighted by atomic mass is 35.5. The lowest BCUT2D eigenvalue weighted by molar-refractivity contribution is -0.115. The highest BCUT2D eigenvalue weighted by Gasteiger charge is 2.07. The summed E-state index contributed by atoms with van der Waals surface area (Å²) in [4.78, 5) is 15.7. The molecule has 2 aromatic rings. The van der Waals surface area contributed by atoms with Gasteiger partial charge in [0.25, 0.3) is 0 Å². The molecule has 17 heavy (non-hydrogen) atoms. The molecule has 0 saturated heterocycles. The van der Waals surface area contributed by atoms with E-state index in [-0.39, 0.29) is 11.5 Å². The van der Waals surface area contributed by atoms with Crippen LogP contribution in [0.15, 0.2) is 29.6 Å². The number of thiol groups is 1. The van der Waals surface area contributed by atoms with Gasteiger partial charge in [-0.1, -0.05) is 23.7 Å². The Bertz CT molecular complexity index is 522. The Kier molecular flexibility index (Phi) is 4.20. The maximum Gasteiger partial charge on any atom is 0.149 e. The van der Waals surface area contributed by atoms with Crippen LogP contribution >= 0.6 is 35.6 Å². The fraction of sp³-hybridized carbons (Fsp3) is 0.167. The van der Waals surface area contributed by atoms with Gasteiger partial charge in [-0.25, -0.2) is 4.98 Å². The van der Waals surface area contributed by atoms with Crippen LogP contribution in [0.3, 0.4) is 0 Å². The molecule has 0 atom stereocenters. The molecule has 0 fully saturated rings. The second-order valence-corrected chi connectivity index (χ2v) is 5.20. The first-order valence-corrected chi connectivity index (χ1v) is 6.91. The summed E-state index contributed by atoms with van der Waals surface area (Å²) in [5.74, 6) is 0.348. The van der Waals surface area contributed by atoms with Gasteiger partial charge in [0.15, 0.2) is 0 Å². The Morgan fingerprint density at radius 1 is 1.35 bits per heavy atom. The van der Waals surface area contributed by atoms with Crippen molar-refractivity contribution in [2.75, 3.05) is 5.75 Å². The van der Waals surface area contributed by atoms with Crippen molar-refractivity contribution in [2.24, 2.45) is 0 Å². The highest BCUT2D eigenvalue weighted by Crippen LogP contribution is 2.23. The molecule has 2 nitrogen and oxygen atoms in total. The summed E-state index contributed by atoms with van der Waals surface area (Å²) in [5, 5.41) is 3.48. The molecule has 88 valence electrons. The average molecular weight is 284 g/mol. The van der Waals surface area contributed by atoms with E-state index in [2.05, 4.69) is 17.6 Å². The largest absolute Gasteiger partial charge is 0.298 e. The molecule has 0 spiro atoms. The summed E-state index contributed by atoms with van der Waals surface area (Å²) >= 11 is 11.3. The van der Waals surface area contributed by atoms with Gasteiger partial charge in [0.2, 0.25) is 0 Å². The van der Waals surface area contributed by atoms with Crippen LogP contribution in [0.5, 0.6) is 0 Å². The zero-order valence-electron chi connectivity index (χ0n) is 8.89. The number of hydrogen-bond donors (Lipinski definition) is 1. The quantitative estimate of drug-likeness (QED) is 0.871. The van der Waals surface area contributed by atoms with Gasteiger partial charge in [-0.2, -0.15) is 12.6 Å². The fourth-order valence-corrected chi connectivity index (χ4v) is 2.44. The van der Waals surface area contributed by atoms with E-state index in [1.54, 1.807) is 0 Å². The number of nitrogens with zero attached hydrogens (tertiary/aromatic N) is 1.